The summed E-state index contributed by atoms with van der Waals surface area (Å²) in [6.07, 6.45) is 0.556. The van der Waals surface area contributed by atoms with Gasteiger partial charge in [-0.05, 0) is 18.2 Å². The van der Waals surface area contributed by atoms with Crippen molar-refractivity contribution in [2.45, 2.75) is 26.4 Å². The Labute approximate surface area is 160 Å². The number of rotatable bonds is 3. The molecule has 0 N–H and O–H groups in total. The van der Waals surface area contributed by atoms with E-state index in [1.807, 2.05) is 0 Å². The Kier molecular flexibility index (Phi) is 4.66. The molecule has 0 spiro atoms. The van der Waals surface area contributed by atoms with Crippen molar-refractivity contribution in [2.24, 2.45) is 0 Å². The molecule has 0 aliphatic carbocycles. The molecular weight excluding hydrogens is 367 g/mol. The summed E-state index contributed by atoms with van der Waals surface area (Å²) in [5.74, 6) is -1.71. The van der Waals surface area contributed by atoms with E-state index in [0.29, 0.717) is 36.3 Å². The highest BCUT2D eigenvalue weighted by atomic mass is 19.1. The van der Waals surface area contributed by atoms with Crippen LogP contribution in [-0.2, 0) is 24.3 Å². The zero-order chi connectivity index (χ0) is 19.8. The van der Waals surface area contributed by atoms with E-state index in [1.54, 1.807) is 21.7 Å². The lowest BCUT2D eigenvalue weighted by Crippen LogP contribution is -2.34. The summed E-state index contributed by atoms with van der Waals surface area (Å²) in [7, 11) is 0. The first kappa shape index (κ1) is 18.3. The first-order valence-corrected chi connectivity index (χ1v) is 8.96. The van der Waals surface area contributed by atoms with Crippen LogP contribution < -0.4 is 0 Å². The van der Waals surface area contributed by atoms with Gasteiger partial charge in [-0.15, -0.1) is 0 Å². The van der Waals surface area contributed by atoms with Crippen LogP contribution in [-0.4, -0.2) is 27.1 Å². The first-order valence-electron chi connectivity index (χ1n) is 8.96. The van der Waals surface area contributed by atoms with E-state index < -0.39 is 11.6 Å². The highest BCUT2D eigenvalue weighted by Gasteiger charge is 2.27. The molecule has 7 heteroatoms. The smallest absolute Gasteiger partial charge is 0.219 e. The van der Waals surface area contributed by atoms with Gasteiger partial charge in [0.2, 0.25) is 5.91 Å². The summed E-state index contributed by atoms with van der Waals surface area (Å²) < 4.78 is 42.8. The van der Waals surface area contributed by atoms with Gasteiger partial charge in [-0.25, -0.2) is 13.2 Å². The van der Waals surface area contributed by atoms with Crippen molar-refractivity contribution in [1.82, 2.24) is 14.7 Å². The Morgan fingerprint density at radius 2 is 1.89 bits per heavy atom. The van der Waals surface area contributed by atoms with Crippen LogP contribution in [0.25, 0.3) is 11.3 Å². The topological polar surface area (TPSA) is 38.1 Å². The lowest BCUT2D eigenvalue weighted by molar-refractivity contribution is -0.129. The molecule has 0 saturated carbocycles. The Morgan fingerprint density at radius 1 is 1.11 bits per heavy atom. The molecule has 0 bridgehead atoms. The second kappa shape index (κ2) is 7.14. The molecule has 1 aromatic heterocycles. The van der Waals surface area contributed by atoms with Gasteiger partial charge in [-0.2, -0.15) is 5.10 Å². The molecular formula is C21H18F3N3O. The number of carbonyl (C=O) groups is 1. The van der Waals surface area contributed by atoms with Crippen LogP contribution in [0.5, 0.6) is 0 Å². The number of carbonyl (C=O) groups excluding carboxylic acids is 1. The van der Waals surface area contributed by atoms with Crippen LogP contribution in [0.15, 0.2) is 42.5 Å². The van der Waals surface area contributed by atoms with Gasteiger partial charge in [0.25, 0.3) is 0 Å². The van der Waals surface area contributed by atoms with Gasteiger partial charge in [0, 0.05) is 54.9 Å². The maximum absolute atomic E-state index is 14.1. The summed E-state index contributed by atoms with van der Waals surface area (Å²) in [5, 5.41) is 4.61. The standard InChI is InChI=1S/C21H18F3N3O/c1-13(28)26-8-7-20-18(12-26)21(14-3-2-4-16(22)9-14)25-27(20)11-15-5-6-17(23)10-19(15)24/h2-6,9-10H,7-8,11-12H2,1H3. The molecule has 0 fully saturated rings. The number of halogens is 3. The molecule has 2 heterocycles. The van der Waals surface area contributed by atoms with E-state index in [1.165, 1.54) is 31.2 Å². The van der Waals surface area contributed by atoms with E-state index in [9.17, 15) is 18.0 Å². The van der Waals surface area contributed by atoms with Crippen LogP contribution in [0, 0.1) is 17.5 Å². The molecule has 0 atom stereocenters. The van der Waals surface area contributed by atoms with Gasteiger partial charge in [-0.1, -0.05) is 18.2 Å². The molecule has 1 aliphatic rings. The fourth-order valence-electron chi connectivity index (χ4n) is 3.57. The van der Waals surface area contributed by atoms with Gasteiger partial charge in [-0.3, -0.25) is 9.48 Å². The summed E-state index contributed by atoms with van der Waals surface area (Å²) in [4.78, 5) is 13.5. The summed E-state index contributed by atoms with van der Waals surface area (Å²) in [6.45, 7) is 2.53. The maximum Gasteiger partial charge on any atom is 0.219 e. The minimum Gasteiger partial charge on any atom is -0.338 e. The molecule has 1 aliphatic heterocycles. The third-order valence-electron chi connectivity index (χ3n) is 5.01. The summed E-state index contributed by atoms with van der Waals surface area (Å²) >= 11 is 0. The molecule has 3 aromatic rings. The fraction of sp³-hybridized carbons (Fsp3) is 0.238. The number of nitrogens with zero attached hydrogens (tertiary/aromatic N) is 3. The lowest BCUT2D eigenvalue weighted by atomic mass is 10.0. The van der Waals surface area contributed by atoms with Crippen LogP contribution in [0.4, 0.5) is 13.2 Å². The minimum atomic E-state index is -0.641. The molecule has 0 radical (unpaired) electrons. The molecule has 1 amide bonds. The normalized spacial score (nSPS) is 13.5. The number of amides is 1. The Bertz CT molecular complexity index is 1060. The van der Waals surface area contributed by atoms with Crippen LogP contribution >= 0.6 is 0 Å². The highest BCUT2D eigenvalue weighted by molar-refractivity contribution is 5.74. The second-order valence-corrected chi connectivity index (χ2v) is 6.87. The van der Waals surface area contributed by atoms with Gasteiger partial charge in [0.1, 0.15) is 17.5 Å². The summed E-state index contributed by atoms with van der Waals surface area (Å²) in [6, 6.07) is 9.53. The van der Waals surface area contributed by atoms with Crippen molar-refractivity contribution in [1.29, 1.82) is 0 Å². The van der Waals surface area contributed by atoms with Crippen molar-refractivity contribution in [3.63, 3.8) is 0 Å². The Balaban J connectivity index is 1.79. The van der Waals surface area contributed by atoms with Crippen molar-refractivity contribution in [3.8, 4) is 11.3 Å². The van der Waals surface area contributed by atoms with E-state index >= 15 is 0 Å². The first-order chi connectivity index (χ1) is 13.4. The highest BCUT2D eigenvalue weighted by Crippen LogP contribution is 2.31. The summed E-state index contributed by atoms with van der Waals surface area (Å²) in [5.41, 5.74) is 3.18. The van der Waals surface area contributed by atoms with Crippen LogP contribution in [0.3, 0.4) is 0 Å². The van der Waals surface area contributed by atoms with Gasteiger partial charge < -0.3 is 4.90 Å². The van der Waals surface area contributed by atoms with Crippen molar-refractivity contribution < 1.29 is 18.0 Å². The van der Waals surface area contributed by atoms with E-state index in [4.69, 9.17) is 0 Å². The van der Waals surface area contributed by atoms with Gasteiger partial charge >= 0.3 is 0 Å². The van der Waals surface area contributed by atoms with Crippen molar-refractivity contribution >= 4 is 5.91 Å². The largest absolute Gasteiger partial charge is 0.338 e. The zero-order valence-electron chi connectivity index (χ0n) is 15.3. The second-order valence-electron chi connectivity index (χ2n) is 6.87. The average Bonchev–Trinajstić information content (AvgIpc) is 3.02. The maximum atomic E-state index is 14.1. The van der Waals surface area contributed by atoms with E-state index in [0.717, 1.165) is 17.3 Å². The monoisotopic (exact) mass is 385 g/mol. The van der Waals surface area contributed by atoms with Crippen LogP contribution in [0.1, 0.15) is 23.7 Å². The third-order valence-corrected chi connectivity index (χ3v) is 5.01. The quantitative estimate of drug-likeness (QED) is 0.685. The number of hydrogen-bond acceptors (Lipinski definition) is 2. The lowest BCUT2D eigenvalue weighted by Gasteiger charge is -2.27. The van der Waals surface area contributed by atoms with Gasteiger partial charge in [0.15, 0.2) is 0 Å². The fourth-order valence-corrected chi connectivity index (χ4v) is 3.57. The number of aromatic nitrogens is 2. The van der Waals surface area contributed by atoms with Crippen molar-refractivity contribution in [2.75, 3.05) is 6.54 Å². The molecule has 4 rings (SSSR count). The average molecular weight is 385 g/mol. The predicted molar refractivity (Wildman–Crippen MR) is 97.9 cm³/mol. The number of hydrogen-bond donors (Lipinski definition) is 0. The molecule has 0 saturated heterocycles. The van der Waals surface area contributed by atoms with E-state index in [2.05, 4.69) is 5.10 Å². The number of benzene rings is 2. The Morgan fingerprint density at radius 3 is 2.61 bits per heavy atom. The van der Waals surface area contributed by atoms with E-state index in [-0.39, 0.29) is 18.3 Å². The molecule has 4 nitrogen and oxygen atoms in total. The zero-order valence-corrected chi connectivity index (χ0v) is 15.3. The minimum absolute atomic E-state index is 0.0480. The molecule has 2 aromatic carbocycles. The third kappa shape index (κ3) is 3.40. The molecule has 144 valence electrons. The van der Waals surface area contributed by atoms with Crippen LogP contribution in [0.2, 0.25) is 0 Å². The number of fused-ring (bicyclic) bond motifs is 1. The SMILES string of the molecule is CC(=O)N1CCc2c(c(-c3cccc(F)c3)nn2Cc2ccc(F)cc2F)C1. The Hall–Kier alpha value is -3.09. The molecule has 28 heavy (non-hydrogen) atoms. The van der Waals surface area contributed by atoms with Crippen molar-refractivity contribution in [3.05, 3.63) is 76.7 Å². The molecule has 0 unspecified atom stereocenters. The van der Waals surface area contributed by atoms with Gasteiger partial charge in [0.05, 0.1) is 12.2 Å². The predicted octanol–water partition coefficient (Wildman–Crippen LogP) is 3.92.